The number of hydrogen-bond acceptors (Lipinski definition) is 3. The molecule has 2 rings (SSSR count). The van der Waals surface area contributed by atoms with Gasteiger partial charge in [0.25, 0.3) is 0 Å². The molecule has 2 aromatic rings. The standard InChI is InChI=1S/C16H18O3S/c1-19-9-8-12-2-4-13(5-3-12)14-10-15(20-11-14)6-7-16(17)18/h2-5,10-11H,6-9H2,1H3,(H,17,18). The van der Waals surface area contributed by atoms with Gasteiger partial charge in [-0.05, 0) is 41.0 Å². The van der Waals surface area contributed by atoms with Crippen molar-refractivity contribution in [1.82, 2.24) is 0 Å². The molecule has 0 atom stereocenters. The van der Waals surface area contributed by atoms with Crippen molar-refractivity contribution in [2.24, 2.45) is 0 Å². The molecule has 3 nitrogen and oxygen atoms in total. The number of carbonyl (C=O) groups is 1. The van der Waals surface area contributed by atoms with Gasteiger partial charge >= 0.3 is 5.97 Å². The number of ether oxygens (including phenoxy) is 1. The van der Waals surface area contributed by atoms with Crippen LogP contribution in [0.3, 0.4) is 0 Å². The molecule has 0 radical (unpaired) electrons. The SMILES string of the molecule is COCCc1ccc(-c2csc(CCC(=O)O)c2)cc1. The summed E-state index contributed by atoms with van der Waals surface area (Å²) in [5, 5.41) is 10.8. The van der Waals surface area contributed by atoms with E-state index >= 15 is 0 Å². The highest BCUT2D eigenvalue weighted by atomic mass is 32.1. The van der Waals surface area contributed by atoms with E-state index in [2.05, 4.69) is 35.7 Å². The lowest BCUT2D eigenvalue weighted by molar-refractivity contribution is -0.136. The van der Waals surface area contributed by atoms with E-state index in [0.29, 0.717) is 6.42 Å². The van der Waals surface area contributed by atoms with Crippen LogP contribution in [0.15, 0.2) is 35.7 Å². The fourth-order valence-electron chi connectivity index (χ4n) is 1.98. The zero-order valence-electron chi connectivity index (χ0n) is 11.5. The quantitative estimate of drug-likeness (QED) is 0.847. The Morgan fingerprint density at radius 2 is 1.95 bits per heavy atom. The van der Waals surface area contributed by atoms with Gasteiger partial charge in [-0.15, -0.1) is 11.3 Å². The van der Waals surface area contributed by atoms with Crippen LogP contribution in [0, 0.1) is 0 Å². The maximum atomic E-state index is 10.6. The molecule has 0 spiro atoms. The molecule has 4 heteroatoms. The third-order valence-electron chi connectivity index (χ3n) is 3.12. The molecular formula is C16H18O3S. The Bertz CT molecular complexity index is 557. The van der Waals surface area contributed by atoms with Crippen molar-refractivity contribution in [3.63, 3.8) is 0 Å². The number of hydrogen-bond donors (Lipinski definition) is 1. The van der Waals surface area contributed by atoms with Gasteiger partial charge in [-0.2, -0.15) is 0 Å². The first-order valence-corrected chi connectivity index (χ1v) is 7.44. The minimum Gasteiger partial charge on any atom is -0.481 e. The van der Waals surface area contributed by atoms with Crippen LogP contribution in [0.4, 0.5) is 0 Å². The van der Waals surface area contributed by atoms with Gasteiger partial charge in [0.2, 0.25) is 0 Å². The summed E-state index contributed by atoms with van der Waals surface area (Å²) in [6.45, 7) is 0.733. The van der Waals surface area contributed by atoms with E-state index < -0.39 is 5.97 Å². The first-order chi connectivity index (χ1) is 9.69. The van der Waals surface area contributed by atoms with Crippen molar-refractivity contribution in [2.75, 3.05) is 13.7 Å². The van der Waals surface area contributed by atoms with Crippen molar-refractivity contribution in [3.8, 4) is 11.1 Å². The summed E-state index contributed by atoms with van der Waals surface area (Å²) in [7, 11) is 1.71. The van der Waals surface area contributed by atoms with E-state index in [1.165, 1.54) is 11.1 Å². The highest BCUT2D eigenvalue weighted by molar-refractivity contribution is 7.10. The van der Waals surface area contributed by atoms with Gasteiger partial charge in [-0.25, -0.2) is 0 Å². The number of aryl methyl sites for hydroxylation is 1. The second-order valence-electron chi connectivity index (χ2n) is 4.64. The molecule has 0 saturated carbocycles. The predicted octanol–water partition coefficient (Wildman–Crippen LogP) is 3.62. The maximum Gasteiger partial charge on any atom is 0.303 e. The van der Waals surface area contributed by atoms with E-state index in [1.807, 2.05) is 0 Å². The number of aliphatic carboxylic acids is 1. The molecule has 1 heterocycles. The smallest absolute Gasteiger partial charge is 0.303 e. The van der Waals surface area contributed by atoms with Crippen molar-refractivity contribution < 1.29 is 14.6 Å². The zero-order chi connectivity index (χ0) is 14.4. The molecule has 0 aliphatic rings. The molecule has 0 bridgehead atoms. The summed E-state index contributed by atoms with van der Waals surface area (Å²) >= 11 is 1.62. The lowest BCUT2D eigenvalue weighted by Crippen LogP contribution is -1.95. The topological polar surface area (TPSA) is 46.5 Å². The number of methoxy groups -OCH3 is 1. The third-order valence-corrected chi connectivity index (χ3v) is 4.12. The summed E-state index contributed by atoms with van der Waals surface area (Å²) in [6, 6.07) is 10.5. The average molecular weight is 290 g/mol. The Morgan fingerprint density at radius 1 is 1.20 bits per heavy atom. The lowest BCUT2D eigenvalue weighted by Gasteiger charge is -2.02. The highest BCUT2D eigenvalue weighted by Gasteiger charge is 2.05. The molecule has 0 saturated heterocycles. The molecule has 0 amide bonds. The molecule has 1 aromatic carbocycles. The van der Waals surface area contributed by atoms with Gasteiger partial charge < -0.3 is 9.84 Å². The second-order valence-corrected chi connectivity index (χ2v) is 5.63. The van der Waals surface area contributed by atoms with E-state index in [0.717, 1.165) is 23.5 Å². The first-order valence-electron chi connectivity index (χ1n) is 6.56. The Kier molecular flexibility index (Phi) is 5.32. The summed E-state index contributed by atoms with van der Waals surface area (Å²) in [5.41, 5.74) is 3.59. The normalized spacial score (nSPS) is 10.7. The van der Waals surface area contributed by atoms with Gasteiger partial charge in [-0.3, -0.25) is 4.79 Å². The van der Waals surface area contributed by atoms with Crippen LogP contribution in [-0.2, 0) is 22.4 Å². The minimum atomic E-state index is -0.748. The van der Waals surface area contributed by atoms with Gasteiger partial charge in [0.15, 0.2) is 0 Å². The molecule has 20 heavy (non-hydrogen) atoms. The van der Waals surface area contributed by atoms with Crippen molar-refractivity contribution in [2.45, 2.75) is 19.3 Å². The van der Waals surface area contributed by atoms with Crippen LogP contribution in [0.5, 0.6) is 0 Å². The fourth-order valence-corrected chi connectivity index (χ4v) is 2.87. The predicted molar refractivity (Wildman–Crippen MR) is 81.3 cm³/mol. The van der Waals surface area contributed by atoms with Gasteiger partial charge in [-0.1, -0.05) is 24.3 Å². The Morgan fingerprint density at radius 3 is 2.60 bits per heavy atom. The van der Waals surface area contributed by atoms with Crippen LogP contribution < -0.4 is 0 Å². The molecule has 0 aliphatic heterocycles. The minimum absolute atomic E-state index is 0.190. The number of thiophene rings is 1. The van der Waals surface area contributed by atoms with Crippen molar-refractivity contribution >= 4 is 17.3 Å². The number of rotatable bonds is 7. The zero-order valence-corrected chi connectivity index (χ0v) is 12.3. The van der Waals surface area contributed by atoms with Crippen LogP contribution in [0.1, 0.15) is 16.9 Å². The number of carboxylic acids is 1. The Labute approximate surface area is 122 Å². The van der Waals surface area contributed by atoms with Gasteiger partial charge in [0, 0.05) is 12.0 Å². The largest absolute Gasteiger partial charge is 0.481 e. The van der Waals surface area contributed by atoms with Crippen molar-refractivity contribution in [1.29, 1.82) is 0 Å². The van der Waals surface area contributed by atoms with Gasteiger partial charge in [0.05, 0.1) is 13.0 Å². The van der Waals surface area contributed by atoms with Crippen LogP contribution in [-0.4, -0.2) is 24.8 Å². The third kappa shape index (κ3) is 4.18. The van der Waals surface area contributed by atoms with E-state index in [9.17, 15) is 4.79 Å². The molecule has 106 valence electrons. The summed E-state index contributed by atoms with van der Waals surface area (Å²) in [5.74, 6) is -0.748. The van der Waals surface area contributed by atoms with Crippen LogP contribution in [0.2, 0.25) is 0 Å². The molecular weight excluding hydrogens is 272 g/mol. The molecule has 1 N–H and O–H groups in total. The van der Waals surface area contributed by atoms with Crippen molar-refractivity contribution in [3.05, 3.63) is 46.2 Å². The Hall–Kier alpha value is -1.65. The van der Waals surface area contributed by atoms with E-state index in [-0.39, 0.29) is 6.42 Å². The molecule has 1 aromatic heterocycles. The first kappa shape index (κ1) is 14.8. The van der Waals surface area contributed by atoms with Crippen LogP contribution in [0.25, 0.3) is 11.1 Å². The number of benzene rings is 1. The second kappa shape index (κ2) is 7.22. The maximum absolute atomic E-state index is 10.6. The molecule has 0 unspecified atom stereocenters. The summed E-state index contributed by atoms with van der Waals surface area (Å²) in [6.07, 6.45) is 1.71. The molecule has 0 aliphatic carbocycles. The van der Waals surface area contributed by atoms with Crippen LogP contribution >= 0.6 is 11.3 Å². The van der Waals surface area contributed by atoms with Gasteiger partial charge in [0.1, 0.15) is 0 Å². The lowest BCUT2D eigenvalue weighted by atomic mass is 10.0. The van der Waals surface area contributed by atoms with E-state index in [1.54, 1.807) is 18.4 Å². The Balaban J connectivity index is 2.02. The summed E-state index contributed by atoms with van der Waals surface area (Å²) < 4.78 is 5.06. The average Bonchev–Trinajstić information content (AvgIpc) is 2.92. The number of carboxylic acid groups (broad SMARTS) is 1. The molecule has 0 fully saturated rings. The monoisotopic (exact) mass is 290 g/mol. The summed E-state index contributed by atoms with van der Waals surface area (Å²) in [4.78, 5) is 11.7. The highest BCUT2D eigenvalue weighted by Crippen LogP contribution is 2.26. The fraction of sp³-hybridized carbons (Fsp3) is 0.312. The van der Waals surface area contributed by atoms with E-state index in [4.69, 9.17) is 9.84 Å².